The van der Waals surface area contributed by atoms with Gasteiger partial charge in [-0.05, 0) is 49.3 Å². The molecule has 6 nitrogen and oxygen atoms in total. The first-order valence-corrected chi connectivity index (χ1v) is 11.6. The van der Waals surface area contributed by atoms with Gasteiger partial charge in [-0.15, -0.1) is 17.3 Å². The van der Waals surface area contributed by atoms with Crippen LogP contribution in [0.4, 0.5) is 0 Å². The van der Waals surface area contributed by atoms with Gasteiger partial charge in [-0.1, -0.05) is 48.4 Å². The van der Waals surface area contributed by atoms with Crippen molar-refractivity contribution < 1.29 is 41.0 Å². The van der Waals surface area contributed by atoms with Crippen LogP contribution in [0, 0.1) is 37.7 Å². The third-order valence-electron chi connectivity index (χ3n) is 7.30. The van der Waals surface area contributed by atoms with E-state index in [1.54, 1.807) is 0 Å². The van der Waals surface area contributed by atoms with Crippen LogP contribution < -0.4 is 16.4 Å². The topological polar surface area (TPSA) is 99.7 Å². The first kappa shape index (κ1) is 25.0. The van der Waals surface area contributed by atoms with E-state index in [0.717, 1.165) is 23.1 Å². The van der Waals surface area contributed by atoms with E-state index < -0.39 is 5.60 Å². The Kier molecular flexibility index (Phi) is 6.52. The summed E-state index contributed by atoms with van der Waals surface area (Å²) in [5.41, 5.74) is 11.9. The minimum atomic E-state index is -0.904. The molecule has 7 heteroatoms. The van der Waals surface area contributed by atoms with Crippen LogP contribution in [-0.4, -0.2) is 22.5 Å². The number of hydrogen-bond acceptors (Lipinski definition) is 5. The quantitative estimate of drug-likeness (QED) is 0.322. The summed E-state index contributed by atoms with van der Waals surface area (Å²) in [5, 5.41) is 17.4. The second-order valence-corrected chi connectivity index (χ2v) is 10.4. The standard InChI is InChI=1S/C21H20NO.C6H11N3O.U/c1-12-7-8-14-9-18-13(2)22-20-16-6-4-3-5-15(16)11-21(20,23)19(18)10-17(12)14;1-6(2)3-4(10)8-5(7)9-6;/h2-6,9-10,12,20,22-23H,7-8,11H2,1H3;3H2,1-2H3,(H3,7,8,9,10);/q-1;;/t12?,20?,21-;;/m1../s1. The smallest absolute Gasteiger partial charge is 0.229 e. The minimum absolute atomic E-state index is 0. The Morgan fingerprint density at radius 1 is 1.15 bits per heavy atom. The van der Waals surface area contributed by atoms with E-state index in [1.165, 1.54) is 23.1 Å². The van der Waals surface area contributed by atoms with Crippen molar-refractivity contribution in [3.63, 3.8) is 0 Å². The van der Waals surface area contributed by atoms with Crippen molar-refractivity contribution in [2.45, 2.75) is 69.6 Å². The second-order valence-electron chi connectivity index (χ2n) is 10.4. The normalized spacial score (nSPS) is 27.4. The van der Waals surface area contributed by atoms with Gasteiger partial charge in [-0.3, -0.25) is 16.7 Å². The predicted molar refractivity (Wildman–Crippen MR) is 129 cm³/mol. The van der Waals surface area contributed by atoms with Crippen LogP contribution in [-0.2, 0) is 23.2 Å². The molecule has 0 saturated carbocycles. The van der Waals surface area contributed by atoms with Crippen LogP contribution in [0.2, 0.25) is 0 Å². The zero-order chi connectivity index (χ0) is 23.5. The van der Waals surface area contributed by atoms with E-state index in [-0.39, 0.29) is 54.6 Å². The summed E-state index contributed by atoms with van der Waals surface area (Å²) in [6.07, 6.45) is 3.36. The summed E-state index contributed by atoms with van der Waals surface area (Å²) in [4.78, 5) is 14.8. The molecule has 0 saturated heterocycles. The number of aliphatic hydroxyl groups is 1. The Hall–Kier alpha value is -2.07. The van der Waals surface area contributed by atoms with Gasteiger partial charge in [0.1, 0.15) is 5.60 Å². The molecule has 0 radical (unpaired) electrons. The maximum Gasteiger partial charge on any atom is 0.229 e. The average Bonchev–Trinajstić information content (AvgIpc) is 3.23. The molecule has 2 aliphatic heterocycles. The largest absolute Gasteiger partial charge is 0.409 e. The monoisotopic (exact) mass is 681 g/mol. The average molecular weight is 682 g/mol. The van der Waals surface area contributed by atoms with E-state index in [1.807, 2.05) is 26.0 Å². The van der Waals surface area contributed by atoms with Crippen molar-refractivity contribution in [3.8, 4) is 0 Å². The zero-order valence-electron chi connectivity index (χ0n) is 19.9. The van der Waals surface area contributed by atoms with Crippen LogP contribution in [0.25, 0.3) is 5.70 Å². The van der Waals surface area contributed by atoms with Gasteiger partial charge in [0.05, 0.1) is 18.0 Å². The van der Waals surface area contributed by atoms with E-state index in [4.69, 9.17) is 12.3 Å². The van der Waals surface area contributed by atoms with Crippen molar-refractivity contribution in [1.29, 1.82) is 0 Å². The predicted octanol–water partition coefficient (Wildman–Crippen LogP) is 3.20. The zero-order valence-corrected chi connectivity index (χ0v) is 24.1. The van der Waals surface area contributed by atoms with Crippen molar-refractivity contribution in [3.05, 3.63) is 76.4 Å². The fraction of sp³-hybridized carbons (Fsp3) is 0.407. The first-order chi connectivity index (χ1) is 15.6. The number of nitrogens with zero attached hydrogens (tertiary/aromatic N) is 1. The number of amides is 1. The summed E-state index contributed by atoms with van der Waals surface area (Å²) in [6.45, 7) is 12.4. The first-order valence-electron chi connectivity index (χ1n) is 11.6. The molecule has 5 N–H and O–H groups in total. The molecule has 176 valence electrons. The molecule has 4 aliphatic rings. The van der Waals surface area contributed by atoms with Crippen molar-refractivity contribution in [2.24, 2.45) is 10.7 Å². The third-order valence-corrected chi connectivity index (χ3v) is 7.30. The molecule has 34 heavy (non-hydrogen) atoms. The maximum atomic E-state index is 11.6. The summed E-state index contributed by atoms with van der Waals surface area (Å²) >= 11 is 0. The molecule has 0 bridgehead atoms. The minimum Gasteiger partial charge on any atom is -0.409 e. The van der Waals surface area contributed by atoms with Crippen LogP contribution >= 0.6 is 0 Å². The molecule has 2 unspecified atom stereocenters. The molecule has 3 atom stereocenters. The Bertz CT molecular complexity index is 1210. The number of guanidine groups is 1. The molecular weight excluding hydrogens is 650 g/mol. The number of fused-ring (bicyclic) bond motifs is 6. The molecule has 1 amide bonds. The molecule has 0 aromatic heterocycles. The fourth-order valence-corrected chi connectivity index (χ4v) is 5.73. The molecular formula is C27H31N4O2U-. The molecule has 2 heterocycles. The van der Waals surface area contributed by atoms with E-state index in [9.17, 15) is 9.90 Å². The van der Waals surface area contributed by atoms with Gasteiger partial charge in [0.15, 0.2) is 5.96 Å². The summed E-state index contributed by atoms with van der Waals surface area (Å²) in [5.74, 6) is 0.732. The fourth-order valence-electron chi connectivity index (χ4n) is 5.73. The summed E-state index contributed by atoms with van der Waals surface area (Å²) < 4.78 is 0. The number of rotatable bonds is 0. The SMILES string of the molecule is CC1(C)CC(=O)NC(N)=N1.[CH-]=C1NC2c3ccccc3C[C@@]2(O)c2cc3c(cc21)CCC3C.[U]. The van der Waals surface area contributed by atoms with Crippen LogP contribution in [0.1, 0.15) is 79.0 Å². The molecule has 2 aromatic rings. The van der Waals surface area contributed by atoms with Crippen molar-refractivity contribution in [1.82, 2.24) is 10.6 Å². The van der Waals surface area contributed by atoms with Gasteiger partial charge in [0.2, 0.25) is 5.91 Å². The summed E-state index contributed by atoms with van der Waals surface area (Å²) in [7, 11) is 0. The molecule has 6 rings (SSSR count). The number of nitrogens with one attached hydrogen (secondary N) is 2. The number of aryl methyl sites for hydroxylation is 1. The van der Waals surface area contributed by atoms with E-state index in [2.05, 4.69) is 46.8 Å². The van der Waals surface area contributed by atoms with Gasteiger partial charge < -0.3 is 16.2 Å². The van der Waals surface area contributed by atoms with Gasteiger partial charge in [-0.2, -0.15) is 0 Å². The second kappa shape index (κ2) is 8.86. The van der Waals surface area contributed by atoms with Crippen molar-refractivity contribution >= 4 is 17.6 Å². The molecule has 0 spiro atoms. The van der Waals surface area contributed by atoms with Gasteiger partial charge in [0, 0.05) is 37.5 Å². The summed E-state index contributed by atoms with van der Waals surface area (Å²) in [6, 6.07) is 12.6. The van der Waals surface area contributed by atoms with E-state index >= 15 is 0 Å². The molecule has 2 aliphatic carbocycles. The Labute approximate surface area is 224 Å². The van der Waals surface area contributed by atoms with Crippen LogP contribution in [0.5, 0.6) is 0 Å². The number of carbonyl (C=O) groups excluding carboxylic acids is 1. The maximum absolute atomic E-state index is 11.6. The van der Waals surface area contributed by atoms with Crippen LogP contribution in [0.15, 0.2) is 41.4 Å². The third kappa shape index (κ3) is 4.23. The Morgan fingerprint density at radius 2 is 1.88 bits per heavy atom. The molecule has 2 aromatic carbocycles. The van der Waals surface area contributed by atoms with E-state index in [0.29, 0.717) is 24.5 Å². The number of hydrogen-bond donors (Lipinski definition) is 4. The number of carbonyl (C=O) groups is 1. The number of nitrogens with two attached hydrogens (primary N) is 1. The van der Waals surface area contributed by atoms with Crippen LogP contribution in [0.3, 0.4) is 0 Å². The Morgan fingerprint density at radius 3 is 2.59 bits per heavy atom. The van der Waals surface area contributed by atoms with Crippen molar-refractivity contribution in [2.75, 3.05) is 0 Å². The van der Waals surface area contributed by atoms with Gasteiger partial charge in [0.25, 0.3) is 0 Å². The Balaban J connectivity index is 0.000000212. The molecule has 0 fully saturated rings. The number of aliphatic imine (C=N–C) groups is 1. The van der Waals surface area contributed by atoms with Gasteiger partial charge in [-0.25, -0.2) is 4.99 Å². The van der Waals surface area contributed by atoms with Gasteiger partial charge >= 0.3 is 0 Å². The number of benzene rings is 2.